The van der Waals surface area contributed by atoms with E-state index in [1.807, 2.05) is 13.8 Å². The molecule has 10 nitrogen and oxygen atoms in total. The van der Waals surface area contributed by atoms with Crippen molar-refractivity contribution in [3.8, 4) is 0 Å². The van der Waals surface area contributed by atoms with Crippen LogP contribution in [0, 0.1) is 50.7 Å². The van der Waals surface area contributed by atoms with Crippen LogP contribution in [-0.2, 0) is 28.5 Å². The number of hydrogen-bond acceptors (Lipinski definition) is 10. The number of hydrogen-bond donors (Lipinski definition) is 4. The van der Waals surface area contributed by atoms with Gasteiger partial charge in [-0.1, -0.05) is 34.6 Å². The number of carbonyl (C=O) groups is 1. The molecule has 47 heavy (non-hydrogen) atoms. The number of carbonyl (C=O) groups excluding carboxylic acids is 1. The topological polar surface area (TPSA) is 144 Å². The van der Waals surface area contributed by atoms with Crippen LogP contribution in [0.3, 0.4) is 0 Å². The molecule has 5 aliphatic carbocycles. The van der Waals surface area contributed by atoms with Gasteiger partial charge in [-0.2, -0.15) is 0 Å². The van der Waals surface area contributed by atoms with E-state index in [9.17, 15) is 25.2 Å². The molecule has 0 amide bonds. The number of esters is 1. The average Bonchev–Trinajstić information content (AvgIpc) is 3.62. The maximum atomic E-state index is 12.9. The van der Waals surface area contributed by atoms with Crippen LogP contribution in [0.4, 0.5) is 0 Å². The number of aliphatic hydroxyl groups is 4. The van der Waals surface area contributed by atoms with E-state index >= 15 is 0 Å². The molecule has 0 aromatic heterocycles. The van der Waals surface area contributed by atoms with Crippen LogP contribution < -0.4 is 0 Å². The van der Waals surface area contributed by atoms with Crippen LogP contribution in [-0.4, -0.2) is 93.4 Å². The molecule has 2 bridgehead atoms. The van der Waals surface area contributed by atoms with Gasteiger partial charge in [0.2, 0.25) is 0 Å². The van der Waals surface area contributed by atoms with Gasteiger partial charge in [-0.15, -0.1) is 0 Å². The first kappa shape index (κ1) is 33.3. The Morgan fingerprint density at radius 2 is 1.55 bits per heavy atom. The summed E-state index contributed by atoms with van der Waals surface area (Å²) in [5.41, 5.74) is -1.32. The van der Waals surface area contributed by atoms with E-state index in [4.69, 9.17) is 23.7 Å². The van der Waals surface area contributed by atoms with Crippen LogP contribution in [0.5, 0.6) is 0 Å². The predicted molar refractivity (Wildman–Crippen MR) is 168 cm³/mol. The van der Waals surface area contributed by atoms with E-state index in [1.165, 1.54) is 6.92 Å². The Morgan fingerprint density at radius 1 is 0.872 bits per heavy atom. The van der Waals surface area contributed by atoms with Gasteiger partial charge in [0.15, 0.2) is 18.2 Å². The van der Waals surface area contributed by atoms with Crippen LogP contribution in [0.2, 0.25) is 0 Å². The molecule has 3 saturated heterocycles. The van der Waals surface area contributed by atoms with E-state index < -0.39 is 53.6 Å². The molecule has 10 heteroatoms. The third-order valence-electron chi connectivity index (χ3n) is 16.3. The molecule has 8 rings (SSSR count). The fourth-order valence-electron chi connectivity index (χ4n) is 14.4. The molecule has 17 atom stereocenters. The molecule has 3 heterocycles. The Labute approximate surface area is 279 Å². The van der Waals surface area contributed by atoms with Gasteiger partial charge in [0.25, 0.3) is 0 Å². The lowest BCUT2D eigenvalue weighted by atomic mass is 9.41. The third kappa shape index (κ3) is 3.88. The second-order valence-corrected chi connectivity index (χ2v) is 18.8. The Bertz CT molecular complexity index is 1320. The first-order chi connectivity index (χ1) is 21.8. The SMILES string of the molecule is CC(=O)OC1[C@H]2C[C@@H](C)[C@H]3[C@](O2)(OC1(C)C)[C@H](O)[C@@]1(C)[C@@H]2CC[C@H]4C(C)(C)[C@@H](O[C@@H]5OC[C@@H](O)[C@H](O)[C@H]5O)CC[C@@]45C[C@@]25CC[C@]31C. The summed E-state index contributed by atoms with van der Waals surface area (Å²) in [7, 11) is 0. The number of fused-ring (bicyclic) bond motifs is 4. The molecule has 3 spiro atoms. The van der Waals surface area contributed by atoms with Crippen LogP contribution in [0.15, 0.2) is 0 Å². The Kier molecular flexibility index (Phi) is 7.03. The lowest BCUT2D eigenvalue weighted by molar-refractivity contribution is -0.430. The van der Waals surface area contributed by atoms with Crippen molar-refractivity contribution < 1.29 is 48.9 Å². The Hall–Kier alpha value is -0.850. The average molecular weight is 663 g/mol. The fraction of sp³-hybridized carbons (Fsp3) is 0.973. The van der Waals surface area contributed by atoms with Gasteiger partial charge in [-0.25, -0.2) is 0 Å². The van der Waals surface area contributed by atoms with Gasteiger partial charge in [0.05, 0.1) is 12.7 Å². The predicted octanol–water partition coefficient (Wildman–Crippen LogP) is 3.69. The van der Waals surface area contributed by atoms with Crippen molar-refractivity contribution in [2.45, 2.75) is 167 Å². The van der Waals surface area contributed by atoms with Crippen LogP contribution in [0.25, 0.3) is 0 Å². The smallest absolute Gasteiger partial charge is 0.303 e. The number of ether oxygens (including phenoxy) is 5. The van der Waals surface area contributed by atoms with Crippen LogP contribution in [0.1, 0.15) is 107 Å². The minimum atomic E-state index is -1.29. The van der Waals surface area contributed by atoms with E-state index in [0.717, 1.165) is 51.4 Å². The van der Waals surface area contributed by atoms with Crippen molar-refractivity contribution in [1.29, 1.82) is 0 Å². The lowest BCUT2D eigenvalue weighted by Gasteiger charge is -2.63. The first-order valence-electron chi connectivity index (χ1n) is 18.4. The normalized spacial score (nSPS) is 59.8. The minimum Gasteiger partial charge on any atom is -0.457 e. The molecule has 0 aromatic rings. The summed E-state index contributed by atoms with van der Waals surface area (Å²) in [6.07, 6.45) is 1.47. The molecule has 8 fully saturated rings. The van der Waals surface area contributed by atoms with Crippen molar-refractivity contribution in [3.05, 3.63) is 0 Å². The highest BCUT2D eigenvalue weighted by atomic mass is 16.8. The molecule has 4 N–H and O–H groups in total. The lowest BCUT2D eigenvalue weighted by Crippen LogP contribution is -2.71. The summed E-state index contributed by atoms with van der Waals surface area (Å²) < 4.78 is 31.9. The second kappa shape index (κ2) is 9.93. The fourth-order valence-corrected chi connectivity index (χ4v) is 14.4. The van der Waals surface area contributed by atoms with Crippen molar-refractivity contribution in [2.24, 2.45) is 50.7 Å². The second-order valence-electron chi connectivity index (χ2n) is 18.8. The molecule has 266 valence electrons. The molecule has 1 unspecified atom stereocenters. The zero-order chi connectivity index (χ0) is 33.9. The van der Waals surface area contributed by atoms with Gasteiger partial charge in [0, 0.05) is 18.3 Å². The maximum Gasteiger partial charge on any atom is 0.303 e. The summed E-state index contributed by atoms with van der Waals surface area (Å²) in [6, 6.07) is 0. The summed E-state index contributed by atoms with van der Waals surface area (Å²) in [6.45, 7) is 17.0. The van der Waals surface area contributed by atoms with E-state index in [0.29, 0.717) is 11.8 Å². The zero-order valence-corrected chi connectivity index (χ0v) is 29.5. The van der Waals surface area contributed by atoms with Gasteiger partial charge in [0.1, 0.15) is 36.1 Å². The van der Waals surface area contributed by atoms with Gasteiger partial charge >= 0.3 is 5.97 Å². The van der Waals surface area contributed by atoms with Gasteiger partial charge in [-0.3, -0.25) is 4.79 Å². The van der Waals surface area contributed by atoms with Crippen LogP contribution >= 0.6 is 0 Å². The summed E-state index contributed by atoms with van der Waals surface area (Å²) >= 11 is 0. The Morgan fingerprint density at radius 3 is 2.26 bits per heavy atom. The summed E-state index contributed by atoms with van der Waals surface area (Å²) in [5.74, 6) is -0.514. The first-order valence-corrected chi connectivity index (χ1v) is 18.4. The van der Waals surface area contributed by atoms with E-state index in [2.05, 4.69) is 34.6 Å². The summed E-state index contributed by atoms with van der Waals surface area (Å²) in [4.78, 5) is 12.1. The highest BCUT2D eigenvalue weighted by Crippen LogP contribution is 2.90. The molecule has 0 radical (unpaired) electrons. The zero-order valence-electron chi connectivity index (χ0n) is 29.5. The highest BCUT2D eigenvalue weighted by molar-refractivity contribution is 5.66. The summed E-state index contributed by atoms with van der Waals surface area (Å²) in [5, 5.41) is 43.8. The van der Waals surface area contributed by atoms with Crippen molar-refractivity contribution in [1.82, 2.24) is 0 Å². The molecular weight excluding hydrogens is 604 g/mol. The van der Waals surface area contributed by atoms with Crippen molar-refractivity contribution in [3.63, 3.8) is 0 Å². The van der Waals surface area contributed by atoms with Gasteiger partial charge in [-0.05, 0) is 105 Å². The maximum absolute atomic E-state index is 12.9. The quantitative estimate of drug-likeness (QED) is 0.261. The number of aliphatic hydroxyl groups excluding tert-OH is 4. The highest BCUT2D eigenvalue weighted by Gasteiger charge is 2.88. The molecule has 8 aliphatic rings. The van der Waals surface area contributed by atoms with Crippen molar-refractivity contribution >= 4 is 5.97 Å². The standard InChI is InChI=1S/C37H58O10/c1-18-15-21-28(44-19(2)38)32(5,6)47-37(46-21)27(18)33(7)13-14-36-17-35(36)12-11-24(45-29-26(41)25(40)20(39)16-43-29)31(3,4)22(35)9-10-23(36)34(33,8)30(37)42/h18,20-30,39-42H,9-17H2,1-8H3/t18-,20-,21-,22+,23+,24+,25+,26-,27-,28?,29+,30-,33-,34-,35-,36+,37+/m1/s1. The molecule has 5 saturated carbocycles. The molecular formula is C37H58O10. The molecule has 0 aromatic carbocycles. The minimum absolute atomic E-state index is 0.0185. The Balaban J connectivity index is 1.10. The monoisotopic (exact) mass is 662 g/mol. The molecule has 3 aliphatic heterocycles. The van der Waals surface area contributed by atoms with E-state index in [-0.39, 0.29) is 58.3 Å². The van der Waals surface area contributed by atoms with E-state index in [1.54, 1.807) is 0 Å². The largest absolute Gasteiger partial charge is 0.457 e. The third-order valence-corrected chi connectivity index (χ3v) is 16.3. The number of rotatable bonds is 3. The van der Waals surface area contributed by atoms with Gasteiger partial charge < -0.3 is 44.1 Å². The van der Waals surface area contributed by atoms with Crippen molar-refractivity contribution in [2.75, 3.05) is 6.61 Å².